The Labute approximate surface area is 113 Å². The van der Waals surface area contributed by atoms with Gasteiger partial charge in [-0.15, -0.1) is 0 Å². The van der Waals surface area contributed by atoms with Gasteiger partial charge in [0.1, 0.15) is 5.75 Å². The highest BCUT2D eigenvalue weighted by molar-refractivity contribution is 9.10. The summed E-state index contributed by atoms with van der Waals surface area (Å²) in [5, 5.41) is 0. The van der Waals surface area contributed by atoms with Gasteiger partial charge in [-0.1, -0.05) is 48.7 Å². The molecule has 0 aliphatic carbocycles. The molecular formula is C14H22BrNO. The number of nitrogens with two attached hydrogens (primary N) is 1. The van der Waals surface area contributed by atoms with Gasteiger partial charge in [0.2, 0.25) is 0 Å². The zero-order valence-electron chi connectivity index (χ0n) is 10.9. The van der Waals surface area contributed by atoms with E-state index in [0.29, 0.717) is 5.92 Å². The summed E-state index contributed by atoms with van der Waals surface area (Å²) in [6.07, 6.45) is 3.64. The van der Waals surface area contributed by atoms with Crippen molar-refractivity contribution in [2.45, 2.75) is 39.2 Å². The molecule has 1 rings (SSSR count). The van der Waals surface area contributed by atoms with Crippen molar-refractivity contribution in [1.29, 1.82) is 0 Å². The first-order chi connectivity index (χ1) is 8.10. The van der Waals surface area contributed by atoms with Gasteiger partial charge < -0.3 is 10.5 Å². The molecule has 2 N–H and O–H groups in total. The van der Waals surface area contributed by atoms with Crippen LogP contribution in [-0.4, -0.2) is 7.11 Å². The van der Waals surface area contributed by atoms with E-state index in [1.165, 1.54) is 19.3 Å². The van der Waals surface area contributed by atoms with Crippen LogP contribution in [0.2, 0.25) is 0 Å². The molecule has 2 nitrogen and oxygen atoms in total. The fourth-order valence-electron chi connectivity index (χ4n) is 1.92. The molecule has 0 saturated carbocycles. The Hall–Kier alpha value is -0.540. The number of hydrogen-bond donors (Lipinski definition) is 1. The van der Waals surface area contributed by atoms with Crippen LogP contribution in [0.15, 0.2) is 22.7 Å². The van der Waals surface area contributed by atoms with Gasteiger partial charge >= 0.3 is 0 Å². The number of unbranched alkanes of at least 4 members (excludes halogenated alkanes) is 1. The van der Waals surface area contributed by atoms with Crippen molar-refractivity contribution in [1.82, 2.24) is 0 Å². The third-order valence-corrected chi connectivity index (χ3v) is 3.88. The monoisotopic (exact) mass is 299 g/mol. The largest absolute Gasteiger partial charge is 0.497 e. The number of benzene rings is 1. The average Bonchev–Trinajstić information content (AvgIpc) is 2.34. The van der Waals surface area contributed by atoms with Crippen LogP contribution in [0.5, 0.6) is 5.75 Å². The standard InChI is InChI=1S/C14H22BrNO/c1-4-5-6-10(2)14(16)12-8-7-11(17-3)9-13(12)15/h7-10,14H,4-6,16H2,1-3H3. The maximum Gasteiger partial charge on any atom is 0.120 e. The fraction of sp³-hybridized carbons (Fsp3) is 0.571. The summed E-state index contributed by atoms with van der Waals surface area (Å²) in [4.78, 5) is 0. The van der Waals surface area contributed by atoms with Gasteiger partial charge in [0.25, 0.3) is 0 Å². The van der Waals surface area contributed by atoms with Crippen LogP contribution >= 0.6 is 15.9 Å². The van der Waals surface area contributed by atoms with E-state index < -0.39 is 0 Å². The molecule has 0 radical (unpaired) electrons. The van der Waals surface area contributed by atoms with Crippen molar-refractivity contribution >= 4 is 15.9 Å². The van der Waals surface area contributed by atoms with Crippen molar-refractivity contribution < 1.29 is 4.74 Å². The Morgan fingerprint density at radius 1 is 1.41 bits per heavy atom. The van der Waals surface area contributed by atoms with E-state index in [-0.39, 0.29) is 6.04 Å². The highest BCUT2D eigenvalue weighted by Gasteiger charge is 2.17. The molecule has 0 aromatic heterocycles. The Bertz CT molecular complexity index is 354. The third-order valence-electron chi connectivity index (χ3n) is 3.19. The van der Waals surface area contributed by atoms with Crippen LogP contribution in [0.25, 0.3) is 0 Å². The first-order valence-corrected chi connectivity index (χ1v) is 6.98. The molecular weight excluding hydrogens is 278 g/mol. The summed E-state index contributed by atoms with van der Waals surface area (Å²) >= 11 is 3.57. The van der Waals surface area contributed by atoms with Gasteiger partial charge in [-0.05, 0) is 30.0 Å². The Balaban J connectivity index is 2.77. The Morgan fingerprint density at radius 2 is 2.12 bits per heavy atom. The summed E-state index contributed by atoms with van der Waals surface area (Å²) < 4.78 is 6.22. The number of methoxy groups -OCH3 is 1. The molecule has 0 spiro atoms. The predicted molar refractivity (Wildman–Crippen MR) is 76.3 cm³/mol. The Morgan fingerprint density at radius 3 is 2.65 bits per heavy atom. The van der Waals surface area contributed by atoms with Crippen molar-refractivity contribution in [3.05, 3.63) is 28.2 Å². The van der Waals surface area contributed by atoms with E-state index in [2.05, 4.69) is 35.8 Å². The van der Waals surface area contributed by atoms with Crippen LogP contribution in [0.4, 0.5) is 0 Å². The number of ether oxygens (including phenoxy) is 1. The number of hydrogen-bond acceptors (Lipinski definition) is 2. The third kappa shape index (κ3) is 4.00. The van der Waals surface area contributed by atoms with E-state index in [0.717, 1.165) is 15.8 Å². The molecule has 0 fully saturated rings. The molecule has 0 amide bonds. The van der Waals surface area contributed by atoms with E-state index >= 15 is 0 Å². The second kappa shape index (κ2) is 7.02. The lowest BCUT2D eigenvalue weighted by Crippen LogP contribution is -2.19. The molecule has 0 bridgehead atoms. The van der Waals surface area contributed by atoms with E-state index in [1.807, 2.05) is 12.1 Å². The lowest BCUT2D eigenvalue weighted by Gasteiger charge is -2.21. The molecule has 0 aliphatic heterocycles. The second-order valence-electron chi connectivity index (χ2n) is 4.53. The Kier molecular flexibility index (Phi) is 6.00. The molecule has 96 valence electrons. The molecule has 1 aromatic carbocycles. The minimum absolute atomic E-state index is 0.0850. The number of halogens is 1. The zero-order chi connectivity index (χ0) is 12.8. The maximum atomic E-state index is 6.30. The normalized spacial score (nSPS) is 14.4. The average molecular weight is 300 g/mol. The van der Waals surface area contributed by atoms with Crippen molar-refractivity contribution in [3.63, 3.8) is 0 Å². The fourth-order valence-corrected chi connectivity index (χ4v) is 2.54. The van der Waals surface area contributed by atoms with Crippen LogP contribution in [0.1, 0.15) is 44.7 Å². The van der Waals surface area contributed by atoms with Crippen molar-refractivity contribution in [3.8, 4) is 5.75 Å². The first kappa shape index (κ1) is 14.5. The van der Waals surface area contributed by atoms with Gasteiger partial charge in [-0.25, -0.2) is 0 Å². The predicted octanol–water partition coefficient (Wildman–Crippen LogP) is 4.28. The van der Waals surface area contributed by atoms with Gasteiger partial charge in [0.05, 0.1) is 7.11 Å². The van der Waals surface area contributed by atoms with E-state index in [9.17, 15) is 0 Å². The topological polar surface area (TPSA) is 35.2 Å². The molecule has 2 unspecified atom stereocenters. The smallest absolute Gasteiger partial charge is 0.120 e. The van der Waals surface area contributed by atoms with Crippen LogP contribution in [-0.2, 0) is 0 Å². The highest BCUT2D eigenvalue weighted by atomic mass is 79.9. The molecule has 1 aromatic rings. The van der Waals surface area contributed by atoms with Gasteiger partial charge in [0, 0.05) is 10.5 Å². The summed E-state index contributed by atoms with van der Waals surface area (Å²) in [6, 6.07) is 6.08. The SMILES string of the molecule is CCCCC(C)C(N)c1ccc(OC)cc1Br. The minimum Gasteiger partial charge on any atom is -0.497 e. The second-order valence-corrected chi connectivity index (χ2v) is 5.39. The molecule has 2 atom stereocenters. The van der Waals surface area contributed by atoms with Crippen LogP contribution in [0.3, 0.4) is 0 Å². The van der Waals surface area contributed by atoms with Crippen LogP contribution < -0.4 is 10.5 Å². The summed E-state index contributed by atoms with van der Waals surface area (Å²) in [7, 11) is 1.67. The number of rotatable bonds is 6. The van der Waals surface area contributed by atoms with E-state index in [1.54, 1.807) is 7.11 Å². The van der Waals surface area contributed by atoms with Crippen molar-refractivity contribution in [2.75, 3.05) is 7.11 Å². The molecule has 0 saturated heterocycles. The van der Waals surface area contributed by atoms with E-state index in [4.69, 9.17) is 10.5 Å². The first-order valence-electron chi connectivity index (χ1n) is 6.19. The minimum atomic E-state index is 0.0850. The lowest BCUT2D eigenvalue weighted by molar-refractivity contribution is 0.410. The highest BCUT2D eigenvalue weighted by Crippen LogP contribution is 2.31. The van der Waals surface area contributed by atoms with Gasteiger partial charge in [0.15, 0.2) is 0 Å². The zero-order valence-corrected chi connectivity index (χ0v) is 12.5. The quantitative estimate of drug-likeness (QED) is 0.851. The molecule has 17 heavy (non-hydrogen) atoms. The summed E-state index contributed by atoms with van der Waals surface area (Å²) in [5.74, 6) is 1.36. The lowest BCUT2D eigenvalue weighted by atomic mass is 9.91. The van der Waals surface area contributed by atoms with Crippen molar-refractivity contribution in [2.24, 2.45) is 11.7 Å². The van der Waals surface area contributed by atoms with Gasteiger partial charge in [-0.3, -0.25) is 0 Å². The summed E-state index contributed by atoms with van der Waals surface area (Å²) in [5.41, 5.74) is 7.46. The molecule has 0 heterocycles. The molecule has 0 aliphatic rings. The summed E-state index contributed by atoms with van der Waals surface area (Å²) in [6.45, 7) is 4.43. The van der Waals surface area contributed by atoms with Gasteiger partial charge in [-0.2, -0.15) is 0 Å². The van der Waals surface area contributed by atoms with Crippen LogP contribution in [0, 0.1) is 5.92 Å². The maximum absolute atomic E-state index is 6.30. The molecule has 3 heteroatoms.